The molecule has 4 rings (SSSR count). The molecule has 1 N–H and O–H groups in total. The molecule has 0 radical (unpaired) electrons. The van der Waals surface area contributed by atoms with Crippen molar-refractivity contribution in [3.63, 3.8) is 0 Å². The fourth-order valence-electron chi connectivity index (χ4n) is 5.20. The normalized spacial score (nSPS) is 48.0. The third-order valence-corrected chi connectivity index (χ3v) is 6.26. The Morgan fingerprint density at radius 2 is 1.89 bits per heavy atom. The highest BCUT2D eigenvalue weighted by Crippen LogP contribution is 2.40. The summed E-state index contributed by atoms with van der Waals surface area (Å²) in [5, 5.41) is 3.61. The molecule has 3 nitrogen and oxygen atoms in total. The van der Waals surface area contributed by atoms with Gasteiger partial charge < -0.3 is 5.32 Å². The molecule has 3 heterocycles. The minimum atomic E-state index is 0.827. The molecule has 0 spiro atoms. The van der Waals surface area contributed by atoms with E-state index in [1.54, 1.807) is 0 Å². The first-order valence-electron chi connectivity index (χ1n) is 8.50. The van der Waals surface area contributed by atoms with Crippen LogP contribution >= 0.6 is 0 Å². The molecule has 0 amide bonds. The predicted octanol–water partition coefficient (Wildman–Crippen LogP) is 1.54. The molecule has 0 bridgehead atoms. The van der Waals surface area contributed by atoms with Gasteiger partial charge >= 0.3 is 0 Å². The number of nitrogens with zero attached hydrogens (tertiary/aromatic N) is 2. The number of likely N-dealkylation sites (tertiary alicyclic amines) is 2. The van der Waals surface area contributed by atoms with Crippen LogP contribution in [0.4, 0.5) is 0 Å². The first-order chi connectivity index (χ1) is 9.28. The predicted molar refractivity (Wildman–Crippen MR) is 78.2 cm³/mol. The van der Waals surface area contributed by atoms with Gasteiger partial charge in [0, 0.05) is 37.3 Å². The van der Waals surface area contributed by atoms with Crippen LogP contribution in [0.2, 0.25) is 0 Å². The van der Waals surface area contributed by atoms with Crippen molar-refractivity contribution in [2.75, 3.05) is 26.2 Å². The van der Waals surface area contributed by atoms with Gasteiger partial charge in [-0.15, -0.1) is 0 Å². The van der Waals surface area contributed by atoms with Gasteiger partial charge in [-0.3, -0.25) is 9.80 Å². The van der Waals surface area contributed by atoms with Crippen LogP contribution in [-0.4, -0.2) is 60.1 Å². The Balaban J connectivity index is 1.47. The Bertz CT molecular complexity index is 341. The number of nitrogens with one attached hydrogen (secondary N) is 1. The molecule has 19 heavy (non-hydrogen) atoms. The van der Waals surface area contributed by atoms with E-state index in [1.165, 1.54) is 51.9 Å². The van der Waals surface area contributed by atoms with E-state index in [9.17, 15) is 0 Å². The van der Waals surface area contributed by atoms with Crippen molar-refractivity contribution in [3.8, 4) is 0 Å². The molecule has 3 saturated heterocycles. The van der Waals surface area contributed by atoms with Crippen molar-refractivity contribution in [2.45, 2.75) is 63.7 Å². The van der Waals surface area contributed by atoms with Crippen molar-refractivity contribution in [2.24, 2.45) is 11.8 Å². The highest BCUT2D eigenvalue weighted by atomic mass is 15.3. The van der Waals surface area contributed by atoms with Gasteiger partial charge in [0.15, 0.2) is 0 Å². The maximum Gasteiger partial charge on any atom is 0.0241 e. The Hall–Kier alpha value is -0.120. The van der Waals surface area contributed by atoms with Crippen molar-refractivity contribution >= 4 is 0 Å². The fourth-order valence-corrected chi connectivity index (χ4v) is 5.20. The summed E-state index contributed by atoms with van der Waals surface area (Å²) in [6, 6.07) is 3.49. The number of hydrogen-bond acceptors (Lipinski definition) is 3. The number of rotatable bonds is 3. The van der Waals surface area contributed by atoms with E-state index >= 15 is 0 Å². The molecule has 1 saturated carbocycles. The lowest BCUT2D eigenvalue weighted by Crippen LogP contribution is -2.43. The second-order valence-electron chi connectivity index (χ2n) is 7.42. The van der Waals surface area contributed by atoms with Crippen LogP contribution in [-0.2, 0) is 0 Å². The highest BCUT2D eigenvalue weighted by molar-refractivity contribution is 5.04. The van der Waals surface area contributed by atoms with Crippen LogP contribution in [0.5, 0.6) is 0 Å². The largest absolute Gasteiger partial charge is 0.316 e. The average Bonchev–Trinajstić information content (AvgIpc) is 2.85. The molecule has 0 aromatic rings. The highest BCUT2D eigenvalue weighted by Gasteiger charge is 2.48. The molecule has 1 aliphatic carbocycles. The van der Waals surface area contributed by atoms with Crippen LogP contribution in [0.25, 0.3) is 0 Å². The van der Waals surface area contributed by atoms with Crippen molar-refractivity contribution in [1.29, 1.82) is 0 Å². The average molecular weight is 263 g/mol. The summed E-state index contributed by atoms with van der Waals surface area (Å²) in [5.74, 6) is 1.88. The van der Waals surface area contributed by atoms with E-state index < -0.39 is 0 Å². The summed E-state index contributed by atoms with van der Waals surface area (Å²) in [5.41, 5.74) is 0. The minimum absolute atomic E-state index is 0.827. The minimum Gasteiger partial charge on any atom is -0.316 e. The molecule has 108 valence electrons. The zero-order valence-corrected chi connectivity index (χ0v) is 12.5. The van der Waals surface area contributed by atoms with Gasteiger partial charge in [-0.2, -0.15) is 0 Å². The van der Waals surface area contributed by atoms with Crippen LogP contribution in [0, 0.1) is 11.8 Å². The van der Waals surface area contributed by atoms with E-state index in [0.29, 0.717) is 0 Å². The van der Waals surface area contributed by atoms with Crippen molar-refractivity contribution in [3.05, 3.63) is 0 Å². The maximum absolute atomic E-state index is 3.61. The summed E-state index contributed by atoms with van der Waals surface area (Å²) >= 11 is 0. The van der Waals surface area contributed by atoms with E-state index in [1.807, 2.05) is 0 Å². The zero-order valence-electron chi connectivity index (χ0n) is 12.5. The Morgan fingerprint density at radius 3 is 2.63 bits per heavy atom. The summed E-state index contributed by atoms with van der Waals surface area (Å²) in [6.07, 6.45) is 5.68. The Labute approximate surface area is 117 Å². The lowest BCUT2D eigenvalue weighted by Gasteiger charge is -2.32. The topological polar surface area (TPSA) is 18.5 Å². The smallest absolute Gasteiger partial charge is 0.0241 e. The van der Waals surface area contributed by atoms with Crippen molar-refractivity contribution < 1.29 is 0 Å². The van der Waals surface area contributed by atoms with Gasteiger partial charge in [-0.05, 0) is 57.5 Å². The molecule has 5 atom stereocenters. The monoisotopic (exact) mass is 263 g/mol. The molecular weight excluding hydrogens is 234 g/mol. The third kappa shape index (κ3) is 2.05. The van der Waals surface area contributed by atoms with Crippen LogP contribution in [0.1, 0.15) is 39.5 Å². The van der Waals surface area contributed by atoms with Gasteiger partial charge in [0.05, 0.1) is 0 Å². The summed E-state index contributed by atoms with van der Waals surface area (Å²) in [4.78, 5) is 5.72. The molecule has 0 aromatic heterocycles. The second-order valence-corrected chi connectivity index (χ2v) is 7.42. The first-order valence-corrected chi connectivity index (χ1v) is 8.50. The van der Waals surface area contributed by atoms with E-state index in [0.717, 1.165) is 36.0 Å². The zero-order chi connectivity index (χ0) is 13.0. The van der Waals surface area contributed by atoms with Gasteiger partial charge in [0.25, 0.3) is 0 Å². The molecule has 4 aliphatic rings. The molecule has 3 heteroatoms. The molecule has 3 aliphatic heterocycles. The van der Waals surface area contributed by atoms with Crippen LogP contribution < -0.4 is 5.32 Å². The summed E-state index contributed by atoms with van der Waals surface area (Å²) in [6.45, 7) is 10.1. The summed E-state index contributed by atoms with van der Waals surface area (Å²) < 4.78 is 0. The van der Waals surface area contributed by atoms with Crippen LogP contribution in [0.15, 0.2) is 0 Å². The second kappa shape index (κ2) is 4.71. The number of fused-ring (bicyclic) bond motifs is 1. The number of hydrogen-bond donors (Lipinski definition) is 1. The maximum atomic E-state index is 3.61. The van der Waals surface area contributed by atoms with E-state index in [2.05, 4.69) is 29.0 Å². The molecular formula is C16H29N3. The standard InChI is InChI=1S/C16H29N3/c1-3-16-15-8-17-7-12(15)9-19(16)14-6-11(2)18(10-14)13-4-5-13/h11-17H,3-10H2,1-2H3. The van der Waals surface area contributed by atoms with E-state index in [-0.39, 0.29) is 0 Å². The SMILES string of the molecule is CCC1C2CNCC2CN1C1CC(C)N(C2CC2)C1. The van der Waals surface area contributed by atoms with Crippen molar-refractivity contribution in [1.82, 2.24) is 15.1 Å². The third-order valence-electron chi connectivity index (χ3n) is 6.26. The van der Waals surface area contributed by atoms with Gasteiger partial charge in [-0.1, -0.05) is 6.92 Å². The van der Waals surface area contributed by atoms with Gasteiger partial charge in [0.2, 0.25) is 0 Å². The Morgan fingerprint density at radius 1 is 1.05 bits per heavy atom. The fraction of sp³-hybridized carbons (Fsp3) is 1.00. The molecule has 5 unspecified atom stereocenters. The summed E-state index contributed by atoms with van der Waals surface area (Å²) in [7, 11) is 0. The quantitative estimate of drug-likeness (QED) is 0.833. The lowest BCUT2D eigenvalue weighted by molar-refractivity contribution is 0.152. The van der Waals surface area contributed by atoms with Gasteiger partial charge in [0.1, 0.15) is 0 Å². The first kappa shape index (κ1) is 12.6. The van der Waals surface area contributed by atoms with E-state index in [4.69, 9.17) is 0 Å². The van der Waals surface area contributed by atoms with Crippen LogP contribution in [0.3, 0.4) is 0 Å². The Kier molecular flexibility index (Phi) is 3.13. The lowest BCUT2D eigenvalue weighted by atomic mass is 9.92. The van der Waals surface area contributed by atoms with Gasteiger partial charge in [-0.25, -0.2) is 0 Å². The molecule has 0 aromatic carbocycles. The molecule has 4 fully saturated rings.